The summed E-state index contributed by atoms with van der Waals surface area (Å²) in [6.07, 6.45) is 55.9. The first-order valence-electron chi connectivity index (χ1n) is 22.6. The molecule has 8 heteroatoms. The maximum absolute atomic E-state index is 5.93. The van der Waals surface area contributed by atoms with Crippen LogP contribution in [0.3, 0.4) is 0 Å². The van der Waals surface area contributed by atoms with Crippen molar-refractivity contribution in [1.29, 1.82) is 0 Å². The fourth-order valence-corrected chi connectivity index (χ4v) is 7.20. The zero-order valence-corrected chi connectivity index (χ0v) is 36.5. The molecule has 2 aromatic rings. The smallest absolute Gasteiger partial charge is 0.245 e. The SMILES string of the molecule is CCCCCCCCCCCCCCCCn1cc[n+](COCCCCCOC[n+]2ccn(CCCCCCCCCCCCCCCC)c2)c1.[Cl-].[Cl-]. The lowest BCUT2D eigenvalue weighted by molar-refractivity contribution is -0.732. The van der Waals surface area contributed by atoms with E-state index in [-0.39, 0.29) is 24.8 Å². The van der Waals surface area contributed by atoms with Crippen molar-refractivity contribution < 1.29 is 43.4 Å². The second kappa shape index (κ2) is 40.6. The van der Waals surface area contributed by atoms with Crippen LogP contribution in [0.1, 0.15) is 213 Å². The predicted octanol–water partition coefficient (Wildman–Crippen LogP) is 6.65. The molecule has 0 aliphatic rings. The Hall–Kier alpha value is -1.08. The van der Waals surface area contributed by atoms with E-state index in [1.165, 1.54) is 180 Å². The van der Waals surface area contributed by atoms with E-state index in [9.17, 15) is 0 Å². The summed E-state index contributed by atoms with van der Waals surface area (Å²) in [5.74, 6) is 0. The van der Waals surface area contributed by atoms with Gasteiger partial charge in [-0.3, -0.25) is 0 Å². The average molecular weight is 786 g/mol. The lowest BCUT2D eigenvalue weighted by Crippen LogP contribution is -3.00. The molecule has 0 amide bonds. The number of hydrogen-bond acceptors (Lipinski definition) is 2. The predicted molar refractivity (Wildman–Crippen MR) is 216 cm³/mol. The molecule has 0 N–H and O–H groups in total. The van der Waals surface area contributed by atoms with Crippen LogP contribution in [0.5, 0.6) is 0 Å². The Kier molecular flexibility index (Phi) is 39.8. The van der Waals surface area contributed by atoms with E-state index in [1.54, 1.807) is 0 Å². The van der Waals surface area contributed by atoms with Gasteiger partial charge in [0.2, 0.25) is 12.7 Å². The molecular weight excluding hydrogens is 699 g/mol. The van der Waals surface area contributed by atoms with Gasteiger partial charge in [0.05, 0.1) is 26.3 Å². The lowest BCUT2D eigenvalue weighted by Gasteiger charge is -2.03. The second-order valence-electron chi connectivity index (χ2n) is 15.7. The fourth-order valence-electron chi connectivity index (χ4n) is 7.20. The highest BCUT2D eigenvalue weighted by Crippen LogP contribution is 2.14. The molecule has 2 aromatic heterocycles. The van der Waals surface area contributed by atoms with Gasteiger partial charge < -0.3 is 34.3 Å². The van der Waals surface area contributed by atoms with Gasteiger partial charge in [0, 0.05) is 0 Å². The molecule has 0 aliphatic heterocycles. The quantitative estimate of drug-likeness (QED) is 0.0561. The Morgan fingerprint density at radius 3 is 0.925 bits per heavy atom. The molecule has 0 fully saturated rings. The minimum atomic E-state index is 0. The van der Waals surface area contributed by atoms with Crippen LogP contribution in [0.2, 0.25) is 0 Å². The molecule has 312 valence electrons. The number of aromatic nitrogens is 4. The number of unbranched alkanes of at least 4 members (excludes halogenated alkanes) is 28. The first-order chi connectivity index (χ1) is 25.3. The molecule has 0 radical (unpaired) electrons. The number of ether oxygens (including phenoxy) is 2. The highest BCUT2D eigenvalue weighted by Gasteiger charge is 2.06. The molecule has 6 nitrogen and oxygen atoms in total. The van der Waals surface area contributed by atoms with Gasteiger partial charge >= 0.3 is 0 Å². The number of halogens is 2. The molecule has 53 heavy (non-hydrogen) atoms. The van der Waals surface area contributed by atoms with Crippen LogP contribution in [0.4, 0.5) is 0 Å². The first-order valence-corrected chi connectivity index (χ1v) is 22.6. The third kappa shape index (κ3) is 32.8. The van der Waals surface area contributed by atoms with Gasteiger partial charge in [-0.05, 0) is 44.9 Å². The van der Waals surface area contributed by atoms with E-state index in [0.717, 1.165) is 45.6 Å². The number of aryl methyl sites for hydroxylation is 2. The van der Waals surface area contributed by atoms with Gasteiger partial charge in [-0.25, -0.2) is 18.3 Å². The number of rotatable bonds is 40. The molecular formula is C45H86Cl2N4O2. The Balaban J connectivity index is 0.0000135. The van der Waals surface area contributed by atoms with Crippen LogP contribution >= 0.6 is 0 Å². The zero-order valence-electron chi connectivity index (χ0n) is 35.0. The fraction of sp³-hybridized carbons (Fsp3) is 0.867. The van der Waals surface area contributed by atoms with Crippen molar-refractivity contribution in [1.82, 2.24) is 9.13 Å². The summed E-state index contributed by atoms with van der Waals surface area (Å²) < 4.78 is 20.8. The van der Waals surface area contributed by atoms with Gasteiger partial charge in [0.1, 0.15) is 24.8 Å². The molecule has 0 spiro atoms. The summed E-state index contributed by atoms with van der Waals surface area (Å²) in [6, 6.07) is 0. The van der Waals surface area contributed by atoms with E-state index >= 15 is 0 Å². The Labute approximate surface area is 341 Å². The Bertz CT molecular complexity index is 909. The van der Waals surface area contributed by atoms with Crippen LogP contribution in [-0.2, 0) is 36.0 Å². The van der Waals surface area contributed by atoms with Crippen LogP contribution in [0, 0.1) is 0 Å². The summed E-state index contributed by atoms with van der Waals surface area (Å²) >= 11 is 0. The molecule has 2 heterocycles. The third-order valence-electron chi connectivity index (χ3n) is 10.6. The van der Waals surface area contributed by atoms with Gasteiger partial charge in [-0.2, -0.15) is 0 Å². The highest BCUT2D eigenvalue weighted by atomic mass is 35.5. The van der Waals surface area contributed by atoms with Gasteiger partial charge in [0.15, 0.2) is 13.5 Å². The van der Waals surface area contributed by atoms with Crippen molar-refractivity contribution in [3.05, 3.63) is 37.4 Å². The van der Waals surface area contributed by atoms with Crippen LogP contribution < -0.4 is 33.9 Å². The average Bonchev–Trinajstić information content (AvgIpc) is 3.80. The van der Waals surface area contributed by atoms with Crippen molar-refractivity contribution in [2.45, 2.75) is 239 Å². The number of hydrogen-bond donors (Lipinski definition) is 0. The van der Waals surface area contributed by atoms with Crippen LogP contribution in [-0.4, -0.2) is 22.3 Å². The highest BCUT2D eigenvalue weighted by molar-refractivity contribution is 4.67. The van der Waals surface area contributed by atoms with Crippen molar-refractivity contribution in [3.8, 4) is 0 Å². The van der Waals surface area contributed by atoms with Crippen molar-refractivity contribution >= 4 is 0 Å². The van der Waals surface area contributed by atoms with E-state index in [1.807, 2.05) is 0 Å². The van der Waals surface area contributed by atoms with Crippen molar-refractivity contribution in [2.24, 2.45) is 0 Å². The van der Waals surface area contributed by atoms with E-state index in [4.69, 9.17) is 9.47 Å². The summed E-state index contributed by atoms with van der Waals surface area (Å²) in [4.78, 5) is 0. The molecule has 0 unspecified atom stereocenters. The van der Waals surface area contributed by atoms with Crippen molar-refractivity contribution in [3.63, 3.8) is 0 Å². The Morgan fingerprint density at radius 1 is 0.358 bits per heavy atom. The molecule has 0 aromatic carbocycles. The Morgan fingerprint density at radius 2 is 0.623 bits per heavy atom. The van der Waals surface area contributed by atoms with Gasteiger partial charge in [0.25, 0.3) is 0 Å². The molecule has 2 rings (SSSR count). The zero-order chi connectivity index (χ0) is 36.1. The minimum absolute atomic E-state index is 0. The lowest BCUT2D eigenvalue weighted by atomic mass is 10.0. The minimum Gasteiger partial charge on any atom is -1.00 e. The molecule has 0 bridgehead atoms. The third-order valence-corrected chi connectivity index (χ3v) is 10.6. The largest absolute Gasteiger partial charge is 1.00 e. The summed E-state index contributed by atoms with van der Waals surface area (Å²) in [5, 5.41) is 0. The normalized spacial score (nSPS) is 11.2. The van der Waals surface area contributed by atoms with E-state index in [0.29, 0.717) is 13.5 Å². The summed E-state index contributed by atoms with van der Waals surface area (Å²) in [5.41, 5.74) is 0. The molecule has 0 saturated heterocycles. The maximum Gasteiger partial charge on any atom is 0.245 e. The van der Waals surface area contributed by atoms with Gasteiger partial charge in [-0.1, -0.05) is 168 Å². The molecule has 0 saturated carbocycles. The monoisotopic (exact) mass is 785 g/mol. The second-order valence-corrected chi connectivity index (χ2v) is 15.7. The summed E-state index contributed by atoms with van der Waals surface area (Å²) in [7, 11) is 0. The maximum atomic E-state index is 5.93. The van der Waals surface area contributed by atoms with Crippen molar-refractivity contribution in [2.75, 3.05) is 13.2 Å². The number of imidazole rings is 2. The molecule has 0 atom stereocenters. The topological polar surface area (TPSA) is 36.1 Å². The first kappa shape index (κ1) is 51.9. The van der Waals surface area contributed by atoms with Crippen LogP contribution in [0.25, 0.3) is 0 Å². The number of nitrogens with zero attached hydrogens (tertiary/aromatic N) is 4. The standard InChI is InChI=1S/C45H86N4O2.2ClH/c1-3-5-7-9-11-13-15-17-19-21-23-25-27-30-34-46-36-38-48(42-46)44-50-40-32-29-33-41-51-45-49-39-37-47(43-49)35-31-28-26-24-22-20-18-16-14-12-10-8-6-4-2;;/h36-39,42-43H,3-35,40-41,44-45H2,1-2H3;2*1H/q+2;;/p-2. The van der Waals surface area contributed by atoms with Crippen LogP contribution in [0.15, 0.2) is 37.4 Å². The summed E-state index contributed by atoms with van der Waals surface area (Å²) in [6.45, 7) is 9.76. The molecule has 0 aliphatic carbocycles. The van der Waals surface area contributed by atoms with Gasteiger partial charge in [-0.15, -0.1) is 0 Å². The van der Waals surface area contributed by atoms with E-state index < -0.39 is 0 Å². The van der Waals surface area contributed by atoms with E-state index in [2.05, 4.69) is 69.6 Å².